The van der Waals surface area contributed by atoms with Gasteiger partial charge in [-0.3, -0.25) is 14.6 Å². The van der Waals surface area contributed by atoms with Gasteiger partial charge in [-0.25, -0.2) is 4.79 Å². The van der Waals surface area contributed by atoms with E-state index < -0.39 is 6.09 Å². The fraction of sp³-hybridized carbons (Fsp3) is 0.778. The van der Waals surface area contributed by atoms with Crippen LogP contribution in [0.1, 0.15) is 6.92 Å². The molecule has 0 aliphatic carbocycles. The van der Waals surface area contributed by atoms with Gasteiger partial charge in [-0.15, -0.1) is 0 Å². The Morgan fingerprint density at radius 2 is 2.29 bits per heavy atom. The third kappa shape index (κ3) is 2.23. The average molecular weight is 200 g/mol. The molecule has 1 unspecified atom stereocenters. The van der Waals surface area contributed by atoms with E-state index in [1.807, 2.05) is 19.0 Å². The fourth-order valence-electron chi connectivity index (χ4n) is 1.47. The zero-order valence-corrected chi connectivity index (χ0v) is 8.82. The minimum atomic E-state index is -0.398. The van der Waals surface area contributed by atoms with E-state index >= 15 is 0 Å². The summed E-state index contributed by atoms with van der Waals surface area (Å²) in [5.41, 5.74) is 0. The van der Waals surface area contributed by atoms with E-state index in [4.69, 9.17) is 4.74 Å². The molecule has 80 valence electrons. The van der Waals surface area contributed by atoms with E-state index in [2.05, 4.69) is 0 Å². The Morgan fingerprint density at radius 3 is 2.71 bits per heavy atom. The summed E-state index contributed by atoms with van der Waals surface area (Å²) in [6, 6.07) is -0.181. The molecule has 0 aromatic heterocycles. The Hall–Kier alpha value is -1.10. The maximum absolute atomic E-state index is 11.4. The van der Waals surface area contributed by atoms with Gasteiger partial charge >= 0.3 is 6.09 Å². The monoisotopic (exact) mass is 200 g/mol. The highest BCUT2D eigenvalue weighted by Crippen LogP contribution is 2.10. The number of hydrogen-bond donors (Lipinski definition) is 0. The topological polar surface area (TPSA) is 49.9 Å². The molecule has 0 aromatic carbocycles. The van der Waals surface area contributed by atoms with Gasteiger partial charge in [-0.05, 0) is 21.0 Å². The molecule has 1 saturated heterocycles. The highest BCUT2D eigenvalue weighted by atomic mass is 16.6. The summed E-state index contributed by atoms with van der Waals surface area (Å²) in [7, 11) is 3.66. The van der Waals surface area contributed by atoms with Crippen LogP contribution in [0.2, 0.25) is 0 Å². The number of amides is 1. The maximum Gasteiger partial charge on any atom is 0.410 e. The summed E-state index contributed by atoms with van der Waals surface area (Å²) >= 11 is 0. The van der Waals surface area contributed by atoms with E-state index in [0.717, 1.165) is 0 Å². The fourth-order valence-corrected chi connectivity index (χ4v) is 1.47. The Labute approximate surface area is 83.6 Å². The van der Waals surface area contributed by atoms with E-state index in [0.29, 0.717) is 13.2 Å². The molecule has 5 nitrogen and oxygen atoms in total. The van der Waals surface area contributed by atoms with Gasteiger partial charge < -0.3 is 4.74 Å². The predicted molar refractivity (Wildman–Crippen MR) is 51.1 cm³/mol. The van der Waals surface area contributed by atoms with Crippen molar-refractivity contribution in [2.75, 3.05) is 33.8 Å². The van der Waals surface area contributed by atoms with Crippen LogP contribution in [0.5, 0.6) is 0 Å². The standard InChI is InChI=1S/C9H16N2O3/c1-4-14-9(13)11-5-7(10(2)3)8(12)6-11/h7H,4-6H2,1-3H3. The first-order valence-corrected chi connectivity index (χ1v) is 4.67. The molecule has 1 rings (SSSR count). The van der Waals surface area contributed by atoms with E-state index in [-0.39, 0.29) is 18.4 Å². The Balaban J connectivity index is 2.54. The first-order chi connectivity index (χ1) is 6.56. The third-order valence-corrected chi connectivity index (χ3v) is 2.26. The number of hydrogen-bond acceptors (Lipinski definition) is 4. The Morgan fingerprint density at radius 1 is 1.64 bits per heavy atom. The summed E-state index contributed by atoms with van der Waals surface area (Å²) in [6.45, 7) is 2.70. The first kappa shape index (κ1) is 11.0. The lowest BCUT2D eigenvalue weighted by Crippen LogP contribution is -2.36. The molecule has 1 aliphatic rings. The predicted octanol–water partition coefficient (Wildman–Crippen LogP) is -0.0422. The minimum absolute atomic E-state index is 0.0723. The van der Waals surface area contributed by atoms with Crippen LogP contribution in [0.3, 0.4) is 0 Å². The van der Waals surface area contributed by atoms with Crippen LogP contribution in [0, 0.1) is 0 Å². The molecule has 1 amide bonds. The van der Waals surface area contributed by atoms with E-state index in [1.165, 1.54) is 4.90 Å². The smallest absolute Gasteiger partial charge is 0.410 e. The number of ether oxygens (including phenoxy) is 1. The molecule has 1 fully saturated rings. The van der Waals surface area contributed by atoms with Gasteiger partial charge in [-0.2, -0.15) is 0 Å². The second-order valence-electron chi connectivity index (χ2n) is 3.53. The summed E-state index contributed by atoms with van der Waals surface area (Å²) in [5, 5.41) is 0. The highest BCUT2D eigenvalue weighted by molar-refractivity contribution is 5.91. The number of likely N-dealkylation sites (tertiary alicyclic amines) is 1. The highest BCUT2D eigenvalue weighted by Gasteiger charge is 2.35. The second kappa shape index (κ2) is 4.41. The molecule has 14 heavy (non-hydrogen) atoms. The summed E-state index contributed by atoms with van der Waals surface area (Å²) in [6.07, 6.45) is -0.398. The summed E-state index contributed by atoms with van der Waals surface area (Å²) in [4.78, 5) is 26.0. The lowest BCUT2D eigenvalue weighted by atomic mass is 10.2. The first-order valence-electron chi connectivity index (χ1n) is 4.67. The van der Waals surface area contributed by atoms with Gasteiger partial charge in [0.25, 0.3) is 0 Å². The van der Waals surface area contributed by atoms with Crippen molar-refractivity contribution in [3.8, 4) is 0 Å². The van der Waals surface area contributed by atoms with Crippen molar-refractivity contribution in [3.63, 3.8) is 0 Å². The molecule has 0 bridgehead atoms. The molecule has 0 aromatic rings. The van der Waals surface area contributed by atoms with Crippen LogP contribution in [0.4, 0.5) is 4.79 Å². The lowest BCUT2D eigenvalue weighted by molar-refractivity contribution is -0.120. The van der Waals surface area contributed by atoms with Gasteiger partial charge in [0.1, 0.15) is 0 Å². The van der Waals surface area contributed by atoms with Gasteiger partial charge in [0.2, 0.25) is 0 Å². The van der Waals surface area contributed by atoms with Crippen molar-refractivity contribution in [2.45, 2.75) is 13.0 Å². The molecule has 1 atom stereocenters. The van der Waals surface area contributed by atoms with Crippen molar-refractivity contribution in [1.82, 2.24) is 9.80 Å². The molecule has 1 aliphatic heterocycles. The molecule has 0 spiro atoms. The zero-order valence-electron chi connectivity index (χ0n) is 8.82. The largest absolute Gasteiger partial charge is 0.450 e. The molecular formula is C9H16N2O3. The van der Waals surface area contributed by atoms with Crippen molar-refractivity contribution in [3.05, 3.63) is 0 Å². The van der Waals surface area contributed by atoms with Crippen LogP contribution < -0.4 is 0 Å². The van der Waals surface area contributed by atoms with Crippen LogP contribution in [-0.2, 0) is 9.53 Å². The number of carbonyl (C=O) groups is 2. The van der Waals surface area contributed by atoms with Gasteiger partial charge in [0, 0.05) is 6.54 Å². The van der Waals surface area contributed by atoms with E-state index in [9.17, 15) is 9.59 Å². The summed E-state index contributed by atoms with van der Waals surface area (Å²) < 4.78 is 4.82. The van der Waals surface area contributed by atoms with Crippen molar-refractivity contribution in [2.24, 2.45) is 0 Å². The number of ketones is 1. The Kier molecular flexibility index (Phi) is 3.46. The summed E-state index contributed by atoms with van der Waals surface area (Å²) in [5.74, 6) is 0.0723. The van der Waals surface area contributed by atoms with Gasteiger partial charge in [0.05, 0.1) is 19.2 Å². The quantitative estimate of drug-likeness (QED) is 0.627. The molecule has 1 heterocycles. The number of likely N-dealkylation sites (N-methyl/N-ethyl adjacent to an activating group) is 1. The zero-order chi connectivity index (χ0) is 10.7. The molecule has 0 radical (unpaired) electrons. The van der Waals surface area contributed by atoms with Crippen LogP contribution >= 0.6 is 0 Å². The normalized spacial score (nSPS) is 21.9. The number of carbonyl (C=O) groups excluding carboxylic acids is 2. The molecule has 5 heteroatoms. The van der Waals surface area contributed by atoms with E-state index in [1.54, 1.807) is 6.92 Å². The number of nitrogens with zero attached hydrogens (tertiary/aromatic N) is 2. The average Bonchev–Trinajstić information content (AvgIpc) is 2.48. The second-order valence-corrected chi connectivity index (χ2v) is 3.53. The van der Waals surface area contributed by atoms with Crippen LogP contribution in [0.25, 0.3) is 0 Å². The number of rotatable bonds is 2. The molecule has 0 saturated carbocycles. The number of Topliss-reactive ketones (excluding diaryl/α,β-unsaturated/α-hetero) is 1. The maximum atomic E-state index is 11.4. The Bertz CT molecular complexity index is 240. The molecule has 0 N–H and O–H groups in total. The van der Waals surface area contributed by atoms with Crippen molar-refractivity contribution in [1.29, 1.82) is 0 Å². The lowest BCUT2D eigenvalue weighted by Gasteiger charge is -2.18. The SMILES string of the molecule is CCOC(=O)N1CC(=O)C(N(C)C)C1. The van der Waals surface area contributed by atoms with Gasteiger partial charge in [0.15, 0.2) is 5.78 Å². The van der Waals surface area contributed by atoms with Crippen LogP contribution in [0.15, 0.2) is 0 Å². The minimum Gasteiger partial charge on any atom is -0.450 e. The van der Waals surface area contributed by atoms with Gasteiger partial charge in [-0.1, -0.05) is 0 Å². The molecular weight excluding hydrogens is 184 g/mol. The van der Waals surface area contributed by atoms with Crippen molar-refractivity contribution < 1.29 is 14.3 Å². The van der Waals surface area contributed by atoms with Crippen LogP contribution in [-0.4, -0.2) is 61.5 Å². The van der Waals surface area contributed by atoms with Crippen molar-refractivity contribution >= 4 is 11.9 Å². The third-order valence-electron chi connectivity index (χ3n) is 2.26.